The summed E-state index contributed by atoms with van der Waals surface area (Å²) >= 11 is 1.72. The SMILES string of the molecule is CC(Cc1ccsc1)NCC(C)(O)c1cnn(C)c1. The Bertz CT molecular complexity index is 505. The maximum atomic E-state index is 10.5. The number of aromatic nitrogens is 2. The van der Waals surface area contributed by atoms with Gasteiger partial charge >= 0.3 is 0 Å². The van der Waals surface area contributed by atoms with Gasteiger partial charge in [-0.25, -0.2) is 0 Å². The van der Waals surface area contributed by atoms with E-state index in [1.54, 1.807) is 22.2 Å². The third kappa shape index (κ3) is 3.89. The van der Waals surface area contributed by atoms with Crippen molar-refractivity contribution < 1.29 is 5.11 Å². The Labute approximate surface area is 118 Å². The number of rotatable bonds is 6. The zero-order valence-corrected chi connectivity index (χ0v) is 12.4. The van der Waals surface area contributed by atoms with Gasteiger partial charge in [-0.2, -0.15) is 16.4 Å². The van der Waals surface area contributed by atoms with E-state index in [4.69, 9.17) is 0 Å². The van der Waals surface area contributed by atoms with Crippen LogP contribution in [0.1, 0.15) is 25.0 Å². The van der Waals surface area contributed by atoms with Crippen molar-refractivity contribution in [2.75, 3.05) is 6.54 Å². The molecule has 0 amide bonds. The van der Waals surface area contributed by atoms with Crippen molar-refractivity contribution in [3.63, 3.8) is 0 Å². The Morgan fingerprint density at radius 3 is 2.95 bits per heavy atom. The highest BCUT2D eigenvalue weighted by molar-refractivity contribution is 7.07. The van der Waals surface area contributed by atoms with Crippen LogP contribution in [-0.4, -0.2) is 27.5 Å². The van der Waals surface area contributed by atoms with Crippen LogP contribution in [0, 0.1) is 0 Å². The summed E-state index contributed by atoms with van der Waals surface area (Å²) < 4.78 is 1.71. The molecule has 19 heavy (non-hydrogen) atoms. The fourth-order valence-corrected chi connectivity index (χ4v) is 2.69. The van der Waals surface area contributed by atoms with Gasteiger partial charge in [0.05, 0.1) is 6.20 Å². The first-order chi connectivity index (χ1) is 8.97. The van der Waals surface area contributed by atoms with Gasteiger partial charge in [0, 0.05) is 31.4 Å². The largest absolute Gasteiger partial charge is 0.384 e. The molecule has 0 saturated carbocycles. The first-order valence-corrected chi connectivity index (χ1v) is 7.37. The van der Waals surface area contributed by atoms with Crippen LogP contribution in [0.4, 0.5) is 0 Å². The Kier molecular flexibility index (Phi) is 4.39. The predicted octanol–water partition coefficient (Wildman–Crippen LogP) is 1.91. The van der Waals surface area contributed by atoms with E-state index in [9.17, 15) is 5.11 Å². The highest BCUT2D eigenvalue weighted by atomic mass is 32.1. The maximum Gasteiger partial charge on any atom is 0.102 e. The molecule has 2 unspecified atom stereocenters. The summed E-state index contributed by atoms with van der Waals surface area (Å²) in [4.78, 5) is 0. The van der Waals surface area contributed by atoms with E-state index in [2.05, 4.69) is 34.2 Å². The summed E-state index contributed by atoms with van der Waals surface area (Å²) in [6.45, 7) is 4.47. The predicted molar refractivity (Wildman–Crippen MR) is 78.3 cm³/mol. The summed E-state index contributed by atoms with van der Waals surface area (Å²) in [7, 11) is 1.85. The monoisotopic (exact) mass is 279 g/mol. The highest BCUT2D eigenvalue weighted by Crippen LogP contribution is 2.19. The molecule has 5 heteroatoms. The Morgan fingerprint density at radius 2 is 2.37 bits per heavy atom. The van der Waals surface area contributed by atoms with Crippen molar-refractivity contribution >= 4 is 11.3 Å². The lowest BCUT2D eigenvalue weighted by Crippen LogP contribution is -2.40. The molecule has 104 valence electrons. The van der Waals surface area contributed by atoms with Crippen LogP contribution < -0.4 is 5.32 Å². The molecule has 0 aliphatic heterocycles. The molecule has 2 aromatic heterocycles. The van der Waals surface area contributed by atoms with Gasteiger partial charge < -0.3 is 10.4 Å². The maximum absolute atomic E-state index is 10.5. The van der Waals surface area contributed by atoms with Crippen LogP contribution in [0.3, 0.4) is 0 Å². The zero-order chi connectivity index (χ0) is 13.9. The van der Waals surface area contributed by atoms with Crippen LogP contribution in [0.15, 0.2) is 29.2 Å². The average Bonchev–Trinajstić information content (AvgIpc) is 2.98. The van der Waals surface area contributed by atoms with Gasteiger partial charge in [-0.05, 0) is 42.7 Å². The van der Waals surface area contributed by atoms with Gasteiger partial charge in [-0.1, -0.05) is 0 Å². The lowest BCUT2D eigenvalue weighted by atomic mass is 9.99. The quantitative estimate of drug-likeness (QED) is 0.849. The van der Waals surface area contributed by atoms with Crippen LogP contribution in [0.5, 0.6) is 0 Å². The molecule has 2 N–H and O–H groups in total. The number of thiophene rings is 1. The smallest absolute Gasteiger partial charge is 0.102 e. The molecule has 0 spiro atoms. The summed E-state index contributed by atoms with van der Waals surface area (Å²) in [6.07, 6.45) is 4.54. The van der Waals surface area contributed by atoms with Gasteiger partial charge in [-0.3, -0.25) is 4.68 Å². The Balaban J connectivity index is 1.87. The van der Waals surface area contributed by atoms with Gasteiger partial charge in [0.2, 0.25) is 0 Å². The summed E-state index contributed by atoms with van der Waals surface area (Å²) in [6, 6.07) is 2.47. The van der Waals surface area contributed by atoms with Crippen LogP contribution >= 0.6 is 11.3 Å². The van der Waals surface area contributed by atoms with E-state index in [0.29, 0.717) is 12.6 Å². The minimum Gasteiger partial charge on any atom is -0.384 e. The fraction of sp³-hybridized carbons (Fsp3) is 0.500. The number of aliphatic hydroxyl groups is 1. The normalized spacial score (nSPS) is 16.2. The van der Waals surface area contributed by atoms with E-state index in [1.165, 1.54) is 5.56 Å². The van der Waals surface area contributed by atoms with Gasteiger partial charge in [-0.15, -0.1) is 0 Å². The number of aryl methyl sites for hydroxylation is 1. The van der Waals surface area contributed by atoms with E-state index < -0.39 is 5.60 Å². The second-order valence-electron chi connectivity index (χ2n) is 5.29. The van der Waals surface area contributed by atoms with Crippen molar-refractivity contribution in [1.29, 1.82) is 0 Å². The lowest BCUT2D eigenvalue weighted by molar-refractivity contribution is 0.0543. The Morgan fingerprint density at radius 1 is 1.58 bits per heavy atom. The first kappa shape index (κ1) is 14.2. The lowest BCUT2D eigenvalue weighted by Gasteiger charge is -2.25. The molecule has 0 aromatic carbocycles. The first-order valence-electron chi connectivity index (χ1n) is 6.43. The topological polar surface area (TPSA) is 50.1 Å². The molecule has 0 radical (unpaired) electrons. The second-order valence-corrected chi connectivity index (χ2v) is 6.07. The van der Waals surface area contributed by atoms with Crippen molar-refractivity contribution in [3.8, 4) is 0 Å². The summed E-state index contributed by atoms with van der Waals surface area (Å²) in [5.41, 5.74) is 1.29. The minimum atomic E-state index is -0.892. The fourth-order valence-electron chi connectivity index (χ4n) is 2.01. The van der Waals surface area contributed by atoms with Gasteiger partial charge in [0.25, 0.3) is 0 Å². The molecule has 4 nitrogen and oxygen atoms in total. The van der Waals surface area contributed by atoms with Crippen LogP contribution in [0.2, 0.25) is 0 Å². The Hall–Kier alpha value is -1.17. The third-order valence-electron chi connectivity index (χ3n) is 3.24. The number of nitrogens with one attached hydrogen (secondary N) is 1. The summed E-state index contributed by atoms with van der Waals surface area (Å²) in [5.74, 6) is 0. The van der Waals surface area contributed by atoms with Crippen molar-refractivity contribution in [1.82, 2.24) is 15.1 Å². The molecule has 2 atom stereocenters. The molecular formula is C14H21N3OS. The van der Waals surface area contributed by atoms with E-state index in [-0.39, 0.29) is 0 Å². The molecule has 2 heterocycles. The molecule has 0 saturated heterocycles. The van der Waals surface area contributed by atoms with Gasteiger partial charge in [0.1, 0.15) is 5.60 Å². The van der Waals surface area contributed by atoms with Crippen LogP contribution in [-0.2, 0) is 19.1 Å². The standard InChI is InChI=1S/C14H21N3OS/c1-11(6-12-4-5-19-9-12)15-10-14(2,18)13-7-16-17(3)8-13/h4-5,7-9,11,15,18H,6,10H2,1-3H3. The third-order valence-corrected chi connectivity index (χ3v) is 3.98. The molecular weight excluding hydrogens is 258 g/mol. The molecule has 2 rings (SSSR count). The molecule has 0 aliphatic carbocycles. The number of hydrogen-bond acceptors (Lipinski definition) is 4. The summed E-state index contributed by atoms with van der Waals surface area (Å²) in [5, 5.41) is 22.2. The minimum absolute atomic E-state index is 0.331. The van der Waals surface area contributed by atoms with Crippen molar-refractivity contribution in [2.45, 2.75) is 31.9 Å². The molecule has 2 aromatic rings. The number of hydrogen-bond donors (Lipinski definition) is 2. The second kappa shape index (κ2) is 5.86. The van der Waals surface area contributed by atoms with Crippen molar-refractivity contribution in [3.05, 3.63) is 40.3 Å². The van der Waals surface area contributed by atoms with Gasteiger partial charge in [0.15, 0.2) is 0 Å². The average molecular weight is 279 g/mol. The van der Waals surface area contributed by atoms with Crippen molar-refractivity contribution in [2.24, 2.45) is 7.05 Å². The van der Waals surface area contributed by atoms with E-state index >= 15 is 0 Å². The molecule has 0 fully saturated rings. The van der Waals surface area contributed by atoms with E-state index in [1.807, 2.05) is 20.2 Å². The number of nitrogens with zero attached hydrogens (tertiary/aromatic N) is 2. The molecule has 0 bridgehead atoms. The molecule has 0 aliphatic rings. The van der Waals surface area contributed by atoms with E-state index in [0.717, 1.165) is 12.0 Å². The zero-order valence-electron chi connectivity index (χ0n) is 11.6. The van der Waals surface area contributed by atoms with Crippen LogP contribution in [0.25, 0.3) is 0 Å². The highest BCUT2D eigenvalue weighted by Gasteiger charge is 2.25.